The number of carbonyl (C=O) groups is 3. The van der Waals surface area contributed by atoms with Crippen LogP contribution in [0.1, 0.15) is 65.7 Å². The molecule has 0 aromatic heterocycles. The van der Waals surface area contributed by atoms with Gasteiger partial charge in [0.15, 0.2) is 0 Å². The Hall–Kier alpha value is -2.91. The number of carboxylic acid groups (broad SMARTS) is 1. The summed E-state index contributed by atoms with van der Waals surface area (Å²) in [5.74, 6) is -3.46. The fourth-order valence-electron chi connectivity index (χ4n) is 7.39. The molecule has 9 nitrogen and oxygen atoms in total. The third kappa shape index (κ3) is 4.91. The van der Waals surface area contributed by atoms with E-state index in [1.165, 1.54) is 0 Å². The van der Waals surface area contributed by atoms with Crippen molar-refractivity contribution in [3.8, 4) is 0 Å². The molecule has 3 fully saturated rings. The second-order valence-electron chi connectivity index (χ2n) is 11.3. The molecule has 0 aliphatic carbocycles. The van der Waals surface area contributed by atoms with Crippen molar-refractivity contribution in [2.24, 2.45) is 11.8 Å². The third-order valence-electron chi connectivity index (χ3n) is 9.36. The van der Waals surface area contributed by atoms with Crippen molar-refractivity contribution >= 4 is 29.2 Å². The Labute approximate surface area is 237 Å². The third-order valence-corrected chi connectivity index (χ3v) is 9.36. The fourth-order valence-corrected chi connectivity index (χ4v) is 7.39. The Morgan fingerprint density at radius 3 is 2.30 bits per heavy atom. The highest BCUT2D eigenvalue weighted by Crippen LogP contribution is 2.64. The average Bonchev–Trinajstić information content (AvgIpc) is 3.56. The van der Waals surface area contributed by atoms with Crippen LogP contribution in [0.2, 0.25) is 0 Å². The summed E-state index contributed by atoms with van der Waals surface area (Å²) < 4.78 is 6.66. The van der Waals surface area contributed by atoms with Gasteiger partial charge in [-0.15, -0.1) is 6.58 Å². The number of nitrogens with zero attached hydrogens (tertiary/aromatic N) is 3. The smallest absolute Gasteiger partial charge is 0.310 e. The van der Waals surface area contributed by atoms with Gasteiger partial charge in [-0.1, -0.05) is 25.8 Å². The molecular weight excluding hydrogens is 510 g/mol. The van der Waals surface area contributed by atoms with Crippen LogP contribution in [0.3, 0.4) is 0 Å². The number of hydrogen-bond donors (Lipinski definition) is 2. The Morgan fingerprint density at radius 1 is 1.07 bits per heavy atom. The van der Waals surface area contributed by atoms with Crippen molar-refractivity contribution in [2.45, 2.75) is 83.0 Å². The lowest BCUT2D eigenvalue weighted by Crippen LogP contribution is -2.56. The maximum Gasteiger partial charge on any atom is 0.310 e. The number of anilines is 2. The summed E-state index contributed by atoms with van der Waals surface area (Å²) >= 11 is 0. The van der Waals surface area contributed by atoms with E-state index in [1.807, 2.05) is 31.2 Å². The average molecular weight is 556 g/mol. The summed E-state index contributed by atoms with van der Waals surface area (Å²) in [6.45, 7) is 12.4. The topological polar surface area (TPSA) is 111 Å². The summed E-state index contributed by atoms with van der Waals surface area (Å²) in [5, 5.41) is 19.4. The molecule has 2 amide bonds. The van der Waals surface area contributed by atoms with Gasteiger partial charge in [0, 0.05) is 44.2 Å². The molecular formula is C31H45N3O6. The lowest BCUT2D eigenvalue weighted by atomic mass is 9.65. The van der Waals surface area contributed by atoms with Crippen LogP contribution in [0.15, 0.2) is 36.9 Å². The predicted molar refractivity (Wildman–Crippen MR) is 154 cm³/mol. The maximum absolute atomic E-state index is 14.6. The van der Waals surface area contributed by atoms with Gasteiger partial charge in [-0.2, -0.15) is 0 Å². The molecule has 1 aromatic rings. The zero-order valence-electron chi connectivity index (χ0n) is 24.2. The highest BCUT2D eigenvalue weighted by molar-refractivity contribution is 6.04. The lowest BCUT2D eigenvalue weighted by Gasteiger charge is -2.37. The van der Waals surface area contributed by atoms with Crippen molar-refractivity contribution in [2.75, 3.05) is 42.6 Å². The number of fused-ring (bicyclic) bond motifs is 1. The first-order chi connectivity index (χ1) is 19.2. The van der Waals surface area contributed by atoms with Gasteiger partial charge in [-0.05, 0) is 70.2 Å². The molecule has 3 heterocycles. The fraction of sp³-hybridized carbons (Fsp3) is 0.645. The normalized spacial score (nSPS) is 28.6. The molecule has 0 saturated carbocycles. The van der Waals surface area contributed by atoms with E-state index in [9.17, 15) is 19.5 Å². The maximum atomic E-state index is 14.6. The quantitative estimate of drug-likeness (QED) is 0.250. The molecule has 1 spiro atoms. The van der Waals surface area contributed by atoms with E-state index in [0.717, 1.165) is 31.6 Å². The van der Waals surface area contributed by atoms with Crippen molar-refractivity contribution in [3.05, 3.63) is 36.9 Å². The molecule has 220 valence electrons. The number of aliphatic hydroxyl groups excluding tert-OH is 1. The second-order valence-corrected chi connectivity index (χ2v) is 11.3. The summed E-state index contributed by atoms with van der Waals surface area (Å²) in [5.41, 5.74) is -0.347. The number of rotatable bonds is 15. The number of carboxylic acids is 1. The first-order valence-electron chi connectivity index (χ1n) is 14.9. The highest BCUT2D eigenvalue weighted by atomic mass is 16.5. The molecule has 4 rings (SSSR count). The van der Waals surface area contributed by atoms with Crippen LogP contribution in [0, 0.1) is 11.8 Å². The van der Waals surface area contributed by atoms with Gasteiger partial charge in [-0.3, -0.25) is 14.4 Å². The molecule has 3 aliphatic rings. The standard InChI is InChI=1S/C31H45N3O6/c1-5-19-33(23-15-13-22(14-16-23)32(7-3)8-4)28(37)26-31-18-17-30(6-2,40-31)25(29(38)39)24(31)27(36)34(26)20-11-9-10-12-21-35/h5,13-16,24-26,35H,1,6-12,17-21H2,2-4H3,(H,38,39)/t24-,25-,26?,30+,31?/m0/s1. The number of benzene rings is 1. The van der Waals surface area contributed by atoms with Crippen LogP contribution in [-0.4, -0.2) is 82.9 Å². The van der Waals surface area contributed by atoms with Gasteiger partial charge in [0.25, 0.3) is 5.91 Å². The number of aliphatic carboxylic acids is 1. The summed E-state index contributed by atoms with van der Waals surface area (Å²) in [6.07, 6.45) is 6.09. The molecule has 0 radical (unpaired) electrons. The monoisotopic (exact) mass is 555 g/mol. The van der Waals surface area contributed by atoms with E-state index >= 15 is 0 Å². The van der Waals surface area contributed by atoms with Crippen molar-refractivity contribution in [1.29, 1.82) is 0 Å². The van der Waals surface area contributed by atoms with Crippen molar-refractivity contribution < 1.29 is 29.3 Å². The number of aliphatic hydroxyl groups is 1. The number of likely N-dealkylation sites (tertiary alicyclic amines) is 1. The number of amides is 2. The Bertz CT molecular complexity index is 1090. The molecule has 2 bridgehead atoms. The largest absolute Gasteiger partial charge is 0.481 e. The predicted octanol–water partition coefficient (Wildman–Crippen LogP) is 3.84. The van der Waals surface area contributed by atoms with Crippen LogP contribution < -0.4 is 9.80 Å². The zero-order chi connectivity index (χ0) is 29.1. The molecule has 5 atom stereocenters. The molecule has 1 aromatic carbocycles. The molecule has 3 aliphatic heterocycles. The van der Waals surface area contributed by atoms with Gasteiger partial charge >= 0.3 is 5.97 Å². The molecule has 3 saturated heterocycles. The van der Waals surface area contributed by atoms with Crippen LogP contribution >= 0.6 is 0 Å². The summed E-state index contributed by atoms with van der Waals surface area (Å²) in [4.78, 5) is 46.6. The Balaban J connectivity index is 1.72. The minimum absolute atomic E-state index is 0.117. The Morgan fingerprint density at radius 2 is 1.73 bits per heavy atom. The van der Waals surface area contributed by atoms with E-state index in [2.05, 4.69) is 25.3 Å². The number of carbonyl (C=O) groups excluding carboxylic acids is 2. The van der Waals surface area contributed by atoms with Crippen molar-refractivity contribution in [3.63, 3.8) is 0 Å². The van der Waals surface area contributed by atoms with Gasteiger partial charge in [0.05, 0.1) is 11.5 Å². The van der Waals surface area contributed by atoms with Crippen molar-refractivity contribution in [1.82, 2.24) is 4.90 Å². The van der Waals surface area contributed by atoms with E-state index < -0.39 is 35.0 Å². The van der Waals surface area contributed by atoms with E-state index in [0.29, 0.717) is 44.3 Å². The SMILES string of the molecule is C=CCN(C(=O)C1N(CCCCCCO)C(=O)[C@@H]2[C@@H](C(=O)O)[C@@]3(CC)CCC12O3)c1ccc(N(CC)CC)cc1. The highest BCUT2D eigenvalue weighted by Gasteiger charge is 2.79. The minimum Gasteiger partial charge on any atom is -0.481 e. The number of unbranched alkanes of at least 4 members (excludes halogenated alkanes) is 3. The lowest BCUT2D eigenvalue weighted by molar-refractivity contribution is -0.155. The van der Waals surface area contributed by atoms with Gasteiger partial charge in [0.2, 0.25) is 5.91 Å². The summed E-state index contributed by atoms with van der Waals surface area (Å²) in [7, 11) is 0. The van der Waals surface area contributed by atoms with E-state index in [4.69, 9.17) is 9.84 Å². The minimum atomic E-state index is -1.17. The van der Waals surface area contributed by atoms with E-state index in [-0.39, 0.29) is 25.0 Å². The first kappa shape index (κ1) is 30.1. The van der Waals surface area contributed by atoms with Crippen LogP contribution in [-0.2, 0) is 19.1 Å². The van der Waals surface area contributed by atoms with E-state index in [1.54, 1.807) is 15.9 Å². The molecule has 40 heavy (non-hydrogen) atoms. The number of ether oxygens (including phenoxy) is 1. The van der Waals surface area contributed by atoms with Gasteiger partial charge < -0.3 is 29.6 Å². The molecule has 2 unspecified atom stereocenters. The molecule has 9 heteroatoms. The Kier molecular flexibility index (Phi) is 9.25. The summed E-state index contributed by atoms with van der Waals surface area (Å²) in [6, 6.07) is 6.91. The van der Waals surface area contributed by atoms with Crippen LogP contribution in [0.5, 0.6) is 0 Å². The zero-order valence-corrected chi connectivity index (χ0v) is 24.2. The van der Waals surface area contributed by atoms with Crippen LogP contribution in [0.25, 0.3) is 0 Å². The first-order valence-corrected chi connectivity index (χ1v) is 14.9. The van der Waals surface area contributed by atoms with Gasteiger partial charge in [-0.25, -0.2) is 0 Å². The second kappa shape index (κ2) is 12.3. The molecule has 2 N–H and O–H groups in total. The van der Waals surface area contributed by atoms with Gasteiger partial charge in [0.1, 0.15) is 17.6 Å². The number of hydrogen-bond acceptors (Lipinski definition) is 6. The van der Waals surface area contributed by atoms with Crippen LogP contribution in [0.4, 0.5) is 11.4 Å².